The highest BCUT2D eigenvalue weighted by Gasteiger charge is 2.14. The van der Waals surface area contributed by atoms with Crippen LogP contribution in [0.2, 0.25) is 0 Å². The number of benzene rings is 1. The lowest BCUT2D eigenvalue weighted by molar-refractivity contribution is 0.690. The second-order valence-corrected chi connectivity index (χ2v) is 6.25. The van der Waals surface area contributed by atoms with E-state index in [2.05, 4.69) is 52.2 Å². The van der Waals surface area contributed by atoms with E-state index in [0.29, 0.717) is 0 Å². The van der Waals surface area contributed by atoms with E-state index < -0.39 is 0 Å². The number of nitrogens with one attached hydrogen (secondary N) is 1. The maximum atomic E-state index is 3.59. The van der Waals surface area contributed by atoms with Gasteiger partial charge in [0.2, 0.25) is 0 Å². The van der Waals surface area contributed by atoms with Gasteiger partial charge in [-0.15, -0.1) is 0 Å². The summed E-state index contributed by atoms with van der Waals surface area (Å²) < 4.78 is 0. The van der Waals surface area contributed by atoms with Crippen LogP contribution in [-0.4, -0.2) is 13.1 Å². The number of nitrogens with zero attached hydrogens (tertiary/aromatic N) is 1. The van der Waals surface area contributed by atoms with E-state index in [4.69, 9.17) is 0 Å². The Kier molecular flexibility index (Phi) is 4.38. The molecule has 2 aromatic rings. The van der Waals surface area contributed by atoms with Crippen LogP contribution >= 0.6 is 11.3 Å². The van der Waals surface area contributed by atoms with Gasteiger partial charge < -0.3 is 10.2 Å². The van der Waals surface area contributed by atoms with Crippen molar-refractivity contribution in [1.29, 1.82) is 0 Å². The number of hydrogen-bond acceptors (Lipinski definition) is 3. The molecule has 0 radical (unpaired) electrons. The Morgan fingerprint density at radius 3 is 2.55 bits per heavy atom. The van der Waals surface area contributed by atoms with Crippen molar-refractivity contribution in [1.82, 2.24) is 5.32 Å². The van der Waals surface area contributed by atoms with E-state index in [-0.39, 0.29) is 0 Å². The van der Waals surface area contributed by atoms with Crippen molar-refractivity contribution in [3.8, 4) is 0 Å². The number of rotatable bonds is 5. The highest BCUT2D eigenvalue weighted by molar-refractivity contribution is 7.08. The van der Waals surface area contributed by atoms with Crippen LogP contribution in [0.15, 0.2) is 35.0 Å². The lowest BCUT2D eigenvalue weighted by atomic mass is 10.1. The van der Waals surface area contributed by atoms with Gasteiger partial charge >= 0.3 is 0 Å². The van der Waals surface area contributed by atoms with Crippen LogP contribution in [-0.2, 0) is 13.1 Å². The Bertz CT molecular complexity index is 556. The van der Waals surface area contributed by atoms with Crippen LogP contribution in [0.5, 0.6) is 0 Å². The van der Waals surface area contributed by atoms with Crippen LogP contribution in [0.25, 0.3) is 0 Å². The van der Waals surface area contributed by atoms with Crippen molar-refractivity contribution >= 4 is 17.0 Å². The lowest BCUT2D eigenvalue weighted by Gasteiger charge is -2.21. The summed E-state index contributed by atoms with van der Waals surface area (Å²) in [6.45, 7) is 6.51. The number of aryl methyl sites for hydroxylation is 1. The van der Waals surface area contributed by atoms with Crippen molar-refractivity contribution in [2.75, 3.05) is 18.0 Å². The third kappa shape index (κ3) is 3.05. The minimum absolute atomic E-state index is 0.946. The van der Waals surface area contributed by atoms with Crippen LogP contribution in [0.3, 0.4) is 0 Å². The van der Waals surface area contributed by atoms with Crippen molar-refractivity contribution in [3.05, 3.63) is 51.7 Å². The summed E-state index contributed by atoms with van der Waals surface area (Å²) in [6.07, 6.45) is 2.66. The second kappa shape index (κ2) is 6.42. The van der Waals surface area contributed by atoms with Gasteiger partial charge in [-0.25, -0.2) is 0 Å². The van der Waals surface area contributed by atoms with E-state index >= 15 is 0 Å². The summed E-state index contributed by atoms with van der Waals surface area (Å²) in [6, 6.07) is 8.81. The van der Waals surface area contributed by atoms with Crippen LogP contribution in [0, 0.1) is 6.92 Å². The van der Waals surface area contributed by atoms with Gasteiger partial charge in [-0.1, -0.05) is 18.2 Å². The fraction of sp³-hybridized carbons (Fsp3) is 0.412. The van der Waals surface area contributed by atoms with E-state index in [9.17, 15) is 0 Å². The first-order valence-electron chi connectivity index (χ1n) is 7.40. The van der Waals surface area contributed by atoms with Gasteiger partial charge in [0.25, 0.3) is 0 Å². The Morgan fingerprint density at radius 2 is 1.80 bits per heavy atom. The maximum Gasteiger partial charge on any atom is 0.0411 e. The second-order valence-electron chi connectivity index (χ2n) is 5.51. The average molecular weight is 286 g/mol. The Balaban J connectivity index is 1.63. The van der Waals surface area contributed by atoms with Crippen molar-refractivity contribution in [2.45, 2.75) is 32.9 Å². The first kappa shape index (κ1) is 13.7. The summed E-state index contributed by atoms with van der Waals surface area (Å²) in [4.78, 5) is 2.52. The molecule has 2 nitrogen and oxygen atoms in total. The topological polar surface area (TPSA) is 15.3 Å². The Morgan fingerprint density at radius 1 is 1.05 bits per heavy atom. The van der Waals surface area contributed by atoms with E-state index in [1.165, 1.54) is 48.3 Å². The highest BCUT2D eigenvalue weighted by atomic mass is 32.1. The van der Waals surface area contributed by atoms with Crippen molar-refractivity contribution < 1.29 is 0 Å². The lowest BCUT2D eigenvalue weighted by Crippen LogP contribution is -2.21. The highest BCUT2D eigenvalue weighted by Crippen LogP contribution is 2.24. The average Bonchev–Trinajstić information content (AvgIpc) is 3.12. The molecule has 3 heteroatoms. The molecule has 1 aliphatic heterocycles. The molecular formula is C17H22N2S. The molecule has 0 spiro atoms. The van der Waals surface area contributed by atoms with Gasteiger partial charge in [-0.05, 0) is 53.3 Å². The van der Waals surface area contributed by atoms with Gasteiger partial charge in [-0.3, -0.25) is 0 Å². The van der Waals surface area contributed by atoms with Gasteiger partial charge in [0.15, 0.2) is 0 Å². The van der Waals surface area contributed by atoms with Gasteiger partial charge in [0.05, 0.1) is 0 Å². The monoisotopic (exact) mass is 286 g/mol. The zero-order valence-electron chi connectivity index (χ0n) is 12.1. The number of hydrogen-bond donors (Lipinski definition) is 1. The molecule has 20 heavy (non-hydrogen) atoms. The van der Waals surface area contributed by atoms with E-state index in [0.717, 1.165) is 13.1 Å². The summed E-state index contributed by atoms with van der Waals surface area (Å²) in [5.41, 5.74) is 5.66. The van der Waals surface area contributed by atoms with Crippen molar-refractivity contribution in [3.63, 3.8) is 0 Å². The molecule has 0 atom stereocenters. The number of thiophene rings is 1. The molecule has 1 saturated heterocycles. The quantitative estimate of drug-likeness (QED) is 0.895. The number of anilines is 1. The maximum absolute atomic E-state index is 3.59. The normalized spacial score (nSPS) is 14.9. The predicted octanol–water partition coefficient (Wildman–Crippen LogP) is 3.95. The minimum Gasteiger partial charge on any atom is -0.371 e. The van der Waals surface area contributed by atoms with Crippen LogP contribution < -0.4 is 10.2 Å². The zero-order valence-corrected chi connectivity index (χ0v) is 12.9. The van der Waals surface area contributed by atoms with E-state index in [1.54, 1.807) is 11.3 Å². The molecule has 1 fully saturated rings. The molecule has 1 aromatic carbocycles. The molecule has 3 rings (SSSR count). The summed E-state index contributed by atoms with van der Waals surface area (Å²) in [5, 5.41) is 8.05. The molecule has 1 aliphatic rings. The molecule has 1 N–H and O–H groups in total. The molecule has 1 aromatic heterocycles. The molecule has 0 aliphatic carbocycles. The zero-order chi connectivity index (χ0) is 13.8. The molecule has 2 heterocycles. The van der Waals surface area contributed by atoms with Gasteiger partial charge in [0, 0.05) is 31.9 Å². The first-order valence-corrected chi connectivity index (χ1v) is 8.34. The third-order valence-corrected chi connectivity index (χ3v) is 4.94. The SMILES string of the molecule is Cc1cscc1CNCc1ccccc1N1CCCC1. The fourth-order valence-electron chi connectivity index (χ4n) is 2.83. The van der Waals surface area contributed by atoms with Gasteiger partial charge in [-0.2, -0.15) is 11.3 Å². The molecule has 0 unspecified atom stereocenters. The summed E-state index contributed by atoms with van der Waals surface area (Å²) in [7, 11) is 0. The summed E-state index contributed by atoms with van der Waals surface area (Å²) in [5.74, 6) is 0. The van der Waals surface area contributed by atoms with Gasteiger partial charge in [0.1, 0.15) is 0 Å². The largest absolute Gasteiger partial charge is 0.371 e. The molecular weight excluding hydrogens is 264 g/mol. The van der Waals surface area contributed by atoms with E-state index in [1.807, 2.05) is 0 Å². The minimum atomic E-state index is 0.946. The first-order chi connectivity index (χ1) is 9.84. The summed E-state index contributed by atoms with van der Waals surface area (Å²) >= 11 is 1.79. The van der Waals surface area contributed by atoms with Crippen LogP contribution in [0.4, 0.5) is 5.69 Å². The Labute approximate surface area is 125 Å². The molecule has 0 bridgehead atoms. The fourth-order valence-corrected chi connectivity index (χ4v) is 3.68. The molecule has 106 valence electrons. The Hall–Kier alpha value is -1.32. The molecule has 0 saturated carbocycles. The number of para-hydroxylation sites is 1. The molecule has 0 amide bonds. The van der Waals surface area contributed by atoms with Crippen molar-refractivity contribution in [2.24, 2.45) is 0 Å². The standard InChI is InChI=1S/C17H22N2S/c1-14-12-20-13-16(14)11-18-10-15-6-2-3-7-17(15)19-8-4-5-9-19/h2-3,6-7,12-13,18H,4-5,8-11H2,1H3. The predicted molar refractivity (Wildman–Crippen MR) is 87.5 cm³/mol. The third-order valence-electron chi connectivity index (χ3n) is 4.03. The van der Waals surface area contributed by atoms with Crippen LogP contribution in [0.1, 0.15) is 29.5 Å². The smallest absolute Gasteiger partial charge is 0.0411 e.